The van der Waals surface area contributed by atoms with Crippen molar-refractivity contribution < 1.29 is 9.21 Å². The van der Waals surface area contributed by atoms with Crippen LogP contribution in [0, 0.1) is 0 Å². The molecule has 0 saturated carbocycles. The molecular weight excluding hydrogens is 308 g/mol. The predicted molar refractivity (Wildman–Crippen MR) is 75.2 cm³/mol. The number of fused-ring (bicyclic) bond motifs is 1. The third-order valence-corrected chi connectivity index (χ3v) is 3.63. The van der Waals surface area contributed by atoms with E-state index in [0.29, 0.717) is 11.3 Å². The van der Waals surface area contributed by atoms with E-state index in [0.717, 1.165) is 15.7 Å². The van der Waals surface area contributed by atoms with Gasteiger partial charge in [-0.25, -0.2) is 4.98 Å². The number of ketones is 1. The van der Waals surface area contributed by atoms with Crippen LogP contribution in [0.2, 0.25) is 0 Å². The second-order valence-corrected chi connectivity index (χ2v) is 5.18. The van der Waals surface area contributed by atoms with Gasteiger partial charge in [-0.1, -0.05) is 12.1 Å². The maximum Gasteiger partial charge on any atom is 0.205 e. The lowest BCUT2D eigenvalue weighted by Crippen LogP contribution is -2.07. The molecule has 0 bridgehead atoms. The minimum Gasteiger partial charge on any atom is -0.452 e. The Morgan fingerprint density at radius 1 is 1.47 bits per heavy atom. The fourth-order valence-corrected chi connectivity index (χ4v) is 2.42. The van der Waals surface area contributed by atoms with E-state index in [1.165, 1.54) is 0 Å². The van der Waals surface area contributed by atoms with E-state index in [1.807, 2.05) is 36.0 Å². The largest absolute Gasteiger partial charge is 0.452 e. The van der Waals surface area contributed by atoms with Crippen molar-refractivity contribution in [3.05, 3.63) is 52.7 Å². The van der Waals surface area contributed by atoms with Gasteiger partial charge in [0.2, 0.25) is 5.78 Å². The van der Waals surface area contributed by atoms with Gasteiger partial charge in [0, 0.05) is 24.8 Å². The van der Waals surface area contributed by atoms with Crippen molar-refractivity contribution in [2.24, 2.45) is 7.05 Å². The number of aryl methyl sites for hydroxylation is 1. The molecule has 0 spiro atoms. The molecule has 0 unspecified atom stereocenters. The molecule has 19 heavy (non-hydrogen) atoms. The van der Waals surface area contributed by atoms with Crippen LogP contribution in [-0.2, 0) is 13.5 Å². The fourth-order valence-electron chi connectivity index (χ4n) is 1.96. The summed E-state index contributed by atoms with van der Waals surface area (Å²) in [5, 5.41) is 0.914. The summed E-state index contributed by atoms with van der Waals surface area (Å²) < 4.78 is 8.29. The average Bonchev–Trinajstić information content (AvgIpc) is 2.97. The summed E-state index contributed by atoms with van der Waals surface area (Å²) in [5.74, 6) is 1.02. The Balaban J connectivity index is 1.94. The molecular formula is C14H11BrN2O2. The molecule has 3 rings (SSSR count). The number of benzene rings is 1. The van der Waals surface area contributed by atoms with E-state index in [2.05, 4.69) is 20.9 Å². The summed E-state index contributed by atoms with van der Waals surface area (Å²) >= 11 is 3.41. The minimum atomic E-state index is -0.0719. The van der Waals surface area contributed by atoms with E-state index in [-0.39, 0.29) is 12.2 Å². The normalized spacial score (nSPS) is 11.1. The van der Waals surface area contributed by atoms with E-state index < -0.39 is 0 Å². The zero-order valence-corrected chi connectivity index (χ0v) is 11.8. The molecule has 0 atom stereocenters. The molecule has 3 aromatic rings. The molecule has 0 aliphatic rings. The van der Waals surface area contributed by atoms with Gasteiger partial charge in [0.05, 0.1) is 10.9 Å². The van der Waals surface area contributed by atoms with Crippen molar-refractivity contribution in [3.8, 4) is 0 Å². The number of halogens is 1. The summed E-state index contributed by atoms with van der Waals surface area (Å²) in [6.07, 6.45) is 3.73. The second kappa shape index (κ2) is 4.66. The fraction of sp³-hybridized carbons (Fsp3) is 0.143. The van der Waals surface area contributed by atoms with Crippen LogP contribution in [0.3, 0.4) is 0 Å². The van der Waals surface area contributed by atoms with Gasteiger partial charge in [0.1, 0.15) is 11.4 Å². The van der Waals surface area contributed by atoms with Gasteiger partial charge in [-0.2, -0.15) is 0 Å². The first kappa shape index (κ1) is 12.2. The standard InChI is InChI=1S/C14H11BrN2O2/c1-17-6-5-16-13(17)8-11(18)12-7-9-3-2-4-10(15)14(9)19-12/h2-7H,8H2,1H3. The SMILES string of the molecule is Cn1ccnc1CC(=O)c1cc2cccc(Br)c2o1. The Kier molecular flexibility index (Phi) is 2.98. The first-order chi connectivity index (χ1) is 9.15. The van der Waals surface area contributed by atoms with E-state index in [4.69, 9.17) is 4.42 Å². The van der Waals surface area contributed by atoms with Gasteiger partial charge < -0.3 is 8.98 Å². The Morgan fingerprint density at radius 2 is 2.32 bits per heavy atom. The van der Waals surface area contributed by atoms with Crippen LogP contribution in [0.15, 0.2) is 45.5 Å². The van der Waals surface area contributed by atoms with Crippen LogP contribution in [0.1, 0.15) is 16.4 Å². The Morgan fingerprint density at radius 3 is 3.00 bits per heavy atom. The van der Waals surface area contributed by atoms with Gasteiger partial charge in [0.15, 0.2) is 5.76 Å². The molecule has 0 amide bonds. The number of imidazole rings is 1. The number of para-hydroxylation sites is 1. The number of hydrogen-bond donors (Lipinski definition) is 0. The van der Waals surface area contributed by atoms with Crippen LogP contribution in [-0.4, -0.2) is 15.3 Å². The molecule has 96 valence electrons. The van der Waals surface area contributed by atoms with Crippen LogP contribution in [0.4, 0.5) is 0 Å². The average molecular weight is 319 g/mol. The summed E-state index contributed by atoms with van der Waals surface area (Å²) in [7, 11) is 1.87. The van der Waals surface area contributed by atoms with E-state index in [1.54, 1.807) is 12.3 Å². The summed E-state index contributed by atoms with van der Waals surface area (Å²) in [6.45, 7) is 0. The van der Waals surface area contributed by atoms with Crippen LogP contribution >= 0.6 is 15.9 Å². The molecule has 2 aromatic heterocycles. The monoisotopic (exact) mass is 318 g/mol. The Labute approximate surface area is 118 Å². The number of carbonyl (C=O) groups excluding carboxylic acids is 1. The molecule has 0 aliphatic carbocycles. The molecule has 0 fully saturated rings. The highest BCUT2D eigenvalue weighted by Gasteiger charge is 2.16. The summed E-state index contributed by atoms with van der Waals surface area (Å²) in [4.78, 5) is 16.3. The molecule has 2 heterocycles. The van der Waals surface area contributed by atoms with Gasteiger partial charge in [-0.3, -0.25) is 4.79 Å². The zero-order valence-electron chi connectivity index (χ0n) is 10.3. The zero-order chi connectivity index (χ0) is 13.4. The van der Waals surface area contributed by atoms with Crippen LogP contribution in [0.5, 0.6) is 0 Å². The lowest BCUT2D eigenvalue weighted by atomic mass is 10.2. The molecule has 0 aliphatic heterocycles. The van der Waals surface area contributed by atoms with Crippen molar-refractivity contribution in [3.63, 3.8) is 0 Å². The van der Waals surface area contributed by atoms with Crippen LogP contribution in [0.25, 0.3) is 11.0 Å². The molecule has 5 heteroatoms. The molecule has 0 radical (unpaired) electrons. The lowest BCUT2D eigenvalue weighted by Gasteiger charge is -1.98. The first-order valence-electron chi connectivity index (χ1n) is 5.82. The quantitative estimate of drug-likeness (QED) is 0.696. The van der Waals surface area contributed by atoms with E-state index in [9.17, 15) is 4.79 Å². The third-order valence-electron chi connectivity index (χ3n) is 3.01. The summed E-state index contributed by atoms with van der Waals surface area (Å²) in [6, 6.07) is 7.49. The van der Waals surface area contributed by atoms with Crippen molar-refractivity contribution in [1.82, 2.24) is 9.55 Å². The lowest BCUT2D eigenvalue weighted by molar-refractivity contribution is 0.0965. The van der Waals surface area contributed by atoms with Gasteiger partial charge in [-0.15, -0.1) is 0 Å². The van der Waals surface area contributed by atoms with Gasteiger partial charge in [0.25, 0.3) is 0 Å². The Hall–Kier alpha value is -1.88. The van der Waals surface area contributed by atoms with Crippen molar-refractivity contribution in [2.45, 2.75) is 6.42 Å². The number of hydrogen-bond acceptors (Lipinski definition) is 3. The number of carbonyl (C=O) groups is 1. The number of Topliss-reactive ketones (excluding diaryl/α,β-unsaturated/α-hetero) is 1. The number of rotatable bonds is 3. The van der Waals surface area contributed by atoms with Crippen molar-refractivity contribution >= 4 is 32.7 Å². The number of nitrogens with zero attached hydrogens (tertiary/aromatic N) is 2. The molecule has 4 nitrogen and oxygen atoms in total. The highest BCUT2D eigenvalue weighted by atomic mass is 79.9. The van der Waals surface area contributed by atoms with Crippen molar-refractivity contribution in [2.75, 3.05) is 0 Å². The third kappa shape index (κ3) is 2.21. The number of aromatic nitrogens is 2. The Bertz CT molecular complexity index is 758. The highest BCUT2D eigenvalue weighted by molar-refractivity contribution is 9.10. The second-order valence-electron chi connectivity index (χ2n) is 4.32. The summed E-state index contributed by atoms with van der Waals surface area (Å²) in [5.41, 5.74) is 0.700. The first-order valence-corrected chi connectivity index (χ1v) is 6.62. The van der Waals surface area contributed by atoms with Crippen LogP contribution < -0.4 is 0 Å². The maximum atomic E-state index is 12.2. The topological polar surface area (TPSA) is 48.0 Å². The highest BCUT2D eigenvalue weighted by Crippen LogP contribution is 2.27. The van der Waals surface area contributed by atoms with Gasteiger partial charge in [-0.05, 0) is 28.1 Å². The smallest absolute Gasteiger partial charge is 0.205 e. The minimum absolute atomic E-state index is 0.0719. The van der Waals surface area contributed by atoms with Gasteiger partial charge >= 0.3 is 0 Å². The molecule has 0 saturated heterocycles. The van der Waals surface area contributed by atoms with E-state index >= 15 is 0 Å². The predicted octanol–water partition coefficient (Wildman–Crippen LogP) is 3.35. The van der Waals surface area contributed by atoms with Crippen molar-refractivity contribution in [1.29, 1.82) is 0 Å². The number of furan rings is 1. The molecule has 1 aromatic carbocycles. The maximum absolute atomic E-state index is 12.2. The molecule has 0 N–H and O–H groups in total.